The number of carbonyl (C=O) groups excluding carboxylic acids is 2. The number of benzene rings is 2. The molecule has 0 spiro atoms. The first-order valence-electron chi connectivity index (χ1n) is 10.1. The Kier molecular flexibility index (Phi) is 4.98. The highest BCUT2D eigenvalue weighted by Gasteiger charge is 2.35. The number of hydrogen-bond donors (Lipinski definition) is 1. The van der Waals surface area contributed by atoms with Gasteiger partial charge in [0.25, 0.3) is 0 Å². The molecule has 0 bridgehead atoms. The zero-order chi connectivity index (χ0) is 22.1. The van der Waals surface area contributed by atoms with Crippen LogP contribution in [0.4, 0.5) is 11.4 Å². The predicted molar refractivity (Wildman–Crippen MR) is 118 cm³/mol. The van der Waals surface area contributed by atoms with E-state index >= 15 is 0 Å². The maximum Gasteiger partial charge on any atom is 0.229 e. The van der Waals surface area contributed by atoms with Gasteiger partial charge in [-0.3, -0.25) is 9.59 Å². The Balaban J connectivity index is 1.25. The number of amides is 2. The van der Waals surface area contributed by atoms with Gasteiger partial charge in [0.2, 0.25) is 11.8 Å². The third kappa shape index (κ3) is 3.76. The summed E-state index contributed by atoms with van der Waals surface area (Å²) in [5, 5.41) is 15.2. The number of fused-ring (bicyclic) bond motifs is 1. The molecule has 160 valence electrons. The lowest BCUT2D eigenvalue weighted by atomic mass is 10.1. The number of ether oxygens (including phenoxy) is 1. The zero-order valence-corrected chi connectivity index (χ0v) is 17.3. The molecule has 9 nitrogen and oxygen atoms in total. The standard InChI is InChI=1S/C23H20N6O3/c1-32-19-8-6-18(7-9-19)28-13-16(12-22(28)30)23(31)25-17-4-2-15(3-5-17)20-10-11-21-26-24-14-29(21)27-20/h2-11,14,16H,12-13H2,1H3,(H,25,31). The van der Waals surface area contributed by atoms with Crippen molar-refractivity contribution in [2.24, 2.45) is 5.92 Å². The molecule has 2 aromatic carbocycles. The highest BCUT2D eigenvalue weighted by atomic mass is 16.5. The van der Waals surface area contributed by atoms with Gasteiger partial charge < -0.3 is 15.0 Å². The van der Waals surface area contributed by atoms with Gasteiger partial charge in [0.15, 0.2) is 5.65 Å². The molecule has 3 heterocycles. The monoisotopic (exact) mass is 428 g/mol. The molecule has 1 aliphatic heterocycles. The Bertz CT molecular complexity index is 1280. The van der Waals surface area contributed by atoms with Gasteiger partial charge in [-0.2, -0.15) is 9.61 Å². The number of hydrogen-bond acceptors (Lipinski definition) is 6. The normalized spacial score (nSPS) is 15.8. The van der Waals surface area contributed by atoms with E-state index < -0.39 is 5.92 Å². The first-order valence-corrected chi connectivity index (χ1v) is 10.1. The maximum atomic E-state index is 12.8. The van der Waals surface area contributed by atoms with Gasteiger partial charge in [-0.1, -0.05) is 12.1 Å². The van der Waals surface area contributed by atoms with Crippen molar-refractivity contribution in [2.45, 2.75) is 6.42 Å². The second-order valence-electron chi connectivity index (χ2n) is 7.52. The summed E-state index contributed by atoms with van der Waals surface area (Å²) in [5.74, 6) is 0.0595. The molecule has 32 heavy (non-hydrogen) atoms. The van der Waals surface area contributed by atoms with E-state index in [-0.39, 0.29) is 18.2 Å². The smallest absolute Gasteiger partial charge is 0.229 e. The van der Waals surface area contributed by atoms with Crippen molar-refractivity contribution < 1.29 is 14.3 Å². The predicted octanol–water partition coefficient (Wildman–Crippen LogP) is 2.79. The molecule has 1 N–H and O–H groups in total. The zero-order valence-electron chi connectivity index (χ0n) is 17.3. The molecule has 1 saturated heterocycles. The number of anilines is 2. The van der Waals surface area contributed by atoms with Crippen LogP contribution in [0.1, 0.15) is 6.42 Å². The van der Waals surface area contributed by atoms with Gasteiger partial charge in [-0.15, -0.1) is 10.2 Å². The minimum absolute atomic E-state index is 0.0684. The van der Waals surface area contributed by atoms with Crippen LogP contribution in [0.2, 0.25) is 0 Å². The fraction of sp³-hybridized carbons (Fsp3) is 0.174. The van der Waals surface area contributed by atoms with Crippen LogP contribution >= 0.6 is 0 Å². The Morgan fingerprint density at radius 3 is 2.59 bits per heavy atom. The SMILES string of the molecule is COc1ccc(N2CC(C(=O)Nc3ccc(-c4ccc5nncn5n4)cc3)CC2=O)cc1. The second kappa shape index (κ2) is 8.10. The van der Waals surface area contributed by atoms with Crippen LogP contribution in [0.25, 0.3) is 16.9 Å². The first-order chi connectivity index (χ1) is 15.6. The molecule has 0 aliphatic carbocycles. The van der Waals surface area contributed by atoms with E-state index in [1.807, 2.05) is 48.5 Å². The molecule has 2 aromatic heterocycles. The number of nitrogens with zero attached hydrogens (tertiary/aromatic N) is 5. The molecule has 5 rings (SSSR count). The fourth-order valence-corrected chi connectivity index (χ4v) is 3.75. The summed E-state index contributed by atoms with van der Waals surface area (Å²) in [7, 11) is 1.59. The van der Waals surface area contributed by atoms with Gasteiger partial charge in [-0.05, 0) is 48.5 Å². The molecule has 1 unspecified atom stereocenters. The molecule has 1 atom stereocenters. The number of aromatic nitrogens is 4. The highest BCUT2D eigenvalue weighted by molar-refractivity contribution is 6.03. The summed E-state index contributed by atoms with van der Waals surface area (Å²) in [6, 6.07) is 18.4. The Labute approximate surface area is 183 Å². The summed E-state index contributed by atoms with van der Waals surface area (Å²) in [5.41, 5.74) is 3.77. The molecule has 2 amide bonds. The summed E-state index contributed by atoms with van der Waals surface area (Å²) in [6.07, 6.45) is 1.73. The highest BCUT2D eigenvalue weighted by Crippen LogP contribution is 2.28. The van der Waals surface area contributed by atoms with Crippen molar-refractivity contribution in [1.82, 2.24) is 19.8 Å². The van der Waals surface area contributed by atoms with Crippen molar-refractivity contribution >= 4 is 28.8 Å². The van der Waals surface area contributed by atoms with Crippen molar-refractivity contribution in [3.05, 3.63) is 67.0 Å². The lowest BCUT2D eigenvalue weighted by Crippen LogP contribution is -2.28. The quantitative estimate of drug-likeness (QED) is 0.525. The minimum Gasteiger partial charge on any atom is -0.497 e. The largest absolute Gasteiger partial charge is 0.497 e. The van der Waals surface area contributed by atoms with Crippen LogP contribution in [0, 0.1) is 5.92 Å². The van der Waals surface area contributed by atoms with E-state index in [1.165, 1.54) is 0 Å². The van der Waals surface area contributed by atoms with Gasteiger partial charge in [0, 0.05) is 29.9 Å². The van der Waals surface area contributed by atoms with E-state index in [0.29, 0.717) is 17.9 Å². The van der Waals surface area contributed by atoms with Crippen molar-refractivity contribution in [3.63, 3.8) is 0 Å². The summed E-state index contributed by atoms with van der Waals surface area (Å²) in [6.45, 7) is 0.345. The van der Waals surface area contributed by atoms with E-state index in [0.717, 1.165) is 22.7 Å². The maximum absolute atomic E-state index is 12.8. The molecule has 9 heteroatoms. The van der Waals surface area contributed by atoms with Crippen LogP contribution < -0.4 is 15.0 Å². The van der Waals surface area contributed by atoms with Crippen LogP contribution in [-0.4, -0.2) is 45.3 Å². The Morgan fingerprint density at radius 2 is 1.84 bits per heavy atom. The minimum atomic E-state index is -0.415. The van der Waals surface area contributed by atoms with Crippen LogP contribution in [0.3, 0.4) is 0 Å². The summed E-state index contributed by atoms with van der Waals surface area (Å²) in [4.78, 5) is 26.9. The van der Waals surface area contributed by atoms with Gasteiger partial charge in [0.05, 0.1) is 18.7 Å². The van der Waals surface area contributed by atoms with Crippen molar-refractivity contribution in [3.8, 4) is 17.0 Å². The van der Waals surface area contributed by atoms with E-state index in [4.69, 9.17) is 4.74 Å². The summed E-state index contributed by atoms with van der Waals surface area (Å²) < 4.78 is 6.77. The Morgan fingerprint density at radius 1 is 1.06 bits per heavy atom. The van der Waals surface area contributed by atoms with E-state index in [1.54, 1.807) is 35.0 Å². The fourth-order valence-electron chi connectivity index (χ4n) is 3.75. The Hall–Kier alpha value is -4.27. The molecule has 0 radical (unpaired) electrons. The second-order valence-corrected chi connectivity index (χ2v) is 7.52. The topological polar surface area (TPSA) is 102 Å². The molecular formula is C23H20N6O3. The summed E-state index contributed by atoms with van der Waals surface area (Å²) >= 11 is 0. The lowest BCUT2D eigenvalue weighted by molar-refractivity contribution is -0.122. The molecule has 4 aromatic rings. The van der Waals surface area contributed by atoms with Gasteiger partial charge in [0.1, 0.15) is 12.1 Å². The van der Waals surface area contributed by atoms with Gasteiger partial charge in [-0.25, -0.2) is 0 Å². The van der Waals surface area contributed by atoms with E-state index in [9.17, 15) is 9.59 Å². The van der Waals surface area contributed by atoms with Gasteiger partial charge >= 0.3 is 0 Å². The lowest BCUT2D eigenvalue weighted by Gasteiger charge is -2.17. The van der Waals surface area contributed by atoms with Crippen molar-refractivity contribution in [1.29, 1.82) is 0 Å². The third-order valence-corrected chi connectivity index (χ3v) is 5.49. The number of methoxy groups -OCH3 is 1. The third-order valence-electron chi connectivity index (χ3n) is 5.49. The molecule has 1 fully saturated rings. The number of rotatable bonds is 5. The number of nitrogens with one attached hydrogen (secondary N) is 1. The molecular weight excluding hydrogens is 408 g/mol. The van der Waals surface area contributed by atoms with Crippen molar-refractivity contribution in [2.75, 3.05) is 23.9 Å². The van der Waals surface area contributed by atoms with Crippen LogP contribution in [0.15, 0.2) is 67.0 Å². The molecule has 0 saturated carbocycles. The average Bonchev–Trinajstić information content (AvgIpc) is 3.45. The number of carbonyl (C=O) groups is 2. The van der Waals surface area contributed by atoms with Crippen LogP contribution in [0.5, 0.6) is 5.75 Å². The molecule has 1 aliphatic rings. The average molecular weight is 428 g/mol. The van der Waals surface area contributed by atoms with Crippen LogP contribution in [-0.2, 0) is 9.59 Å². The van der Waals surface area contributed by atoms with E-state index in [2.05, 4.69) is 20.6 Å². The first kappa shape index (κ1) is 19.7.